The first-order valence-electron chi connectivity index (χ1n) is 9.00. The zero-order valence-corrected chi connectivity index (χ0v) is 18.1. The second kappa shape index (κ2) is 8.44. The fourth-order valence-electron chi connectivity index (χ4n) is 3.28. The molecular weight excluding hydrogens is 482 g/mol. The average Bonchev–Trinajstić information content (AvgIpc) is 3.27. The molecule has 12 heteroatoms. The third-order valence-corrected chi connectivity index (χ3v) is 8.23. The zero-order chi connectivity index (χ0) is 21.4. The molecular formula is C18H18ClFN6O3Se. The molecule has 3 heterocycles. The molecule has 1 amide bonds. The van der Waals surface area contributed by atoms with Gasteiger partial charge < -0.3 is 0 Å². The molecule has 1 aliphatic rings. The number of fused-ring (bicyclic) bond motifs is 1. The summed E-state index contributed by atoms with van der Waals surface area (Å²) in [7, 11) is 1.49. The van der Waals surface area contributed by atoms with Crippen LogP contribution < -0.4 is 10.6 Å². The van der Waals surface area contributed by atoms with Crippen LogP contribution in [0.5, 0.6) is 0 Å². The molecule has 4 N–H and O–H groups in total. The van der Waals surface area contributed by atoms with Gasteiger partial charge in [0.25, 0.3) is 0 Å². The van der Waals surface area contributed by atoms with E-state index in [2.05, 4.69) is 25.6 Å². The summed E-state index contributed by atoms with van der Waals surface area (Å²) in [5.74, 6) is -0.305. The van der Waals surface area contributed by atoms with Crippen molar-refractivity contribution >= 4 is 49.4 Å². The van der Waals surface area contributed by atoms with Gasteiger partial charge in [-0.15, -0.1) is 0 Å². The number of aliphatic hydroxyl groups is 2. The van der Waals surface area contributed by atoms with Crippen molar-refractivity contribution in [2.45, 2.75) is 28.5 Å². The summed E-state index contributed by atoms with van der Waals surface area (Å²) in [6, 6.07) is 6.15. The van der Waals surface area contributed by atoms with Crippen LogP contribution in [0.4, 0.5) is 10.2 Å². The summed E-state index contributed by atoms with van der Waals surface area (Å²) >= 11 is 5.64. The normalized spacial score (nSPS) is 23.6. The second-order valence-corrected chi connectivity index (χ2v) is 9.68. The Bertz CT molecular complexity index is 1100. The van der Waals surface area contributed by atoms with E-state index in [9.17, 15) is 19.4 Å². The Balaban J connectivity index is 1.64. The number of imidazole rings is 1. The predicted octanol–water partition coefficient (Wildman–Crippen LogP) is 0.704. The van der Waals surface area contributed by atoms with Crippen molar-refractivity contribution in [3.05, 3.63) is 47.3 Å². The molecule has 3 aromatic rings. The minimum atomic E-state index is -1.18. The molecule has 0 radical (unpaired) electrons. The van der Waals surface area contributed by atoms with E-state index in [1.165, 1.54) is 25.5 Å². The number of nitrogens with one attached hydrogen (secondary N) is 2. The van der Waals surface area contributed by atoms with Crippen LogP contribution in [-0.4, -0.2) is 69.9 Å². The van der Waals surface area contributed by atoms with E-state index >= 15 is 0 Å². The van der Waals surface area contributed by atoms with Crippen LogP contribution in [0.25, 0.3) is 11.2 Å². The first-order chi connectivity index (χ1) is 14.4. The summed E-state index contributed by atoms with van der Waals surface area (Å²) in [5, 5.41) is 26.4. The van der Waals surface area contributed by atoms with E-state index in [1.54, 1.807) is 16.7 Å². The van der Waals surface area contributed by atoms with Crippen molar-refractivity contribution in [3.63, 3.8) is 0 Å². The maximum atomic E-state index is 13.4. The Morgan fingerprint density at radius 3 is 2.87 bits per heavy atom. The third-order valence-electron chi connectivity index (χ3n) is 4.76. The Hall–Kier alpha value is -2.30. The molecule has 30 heavy (non-hydrogen) atoms. The van der Waals surface area contributed by atoms with Crippen LogP contribution in [0.15, 0.2) is 30.6 Å². The van der Waals surface area contributed by atoms with Crippen LogP contribution >= 0.6 is 11.6 Å². The number of amides is 1. The van der Waals surface area contributed by atoms with E-state index in [4.69, 9.17) is 11.6 Å². The molecule has 1 saturated heterocycles. The molecule has 1 aliphatic heterocycles. The van der Waals surface area contributed by atoms with Gasteiger partial charge >= 0.3 is 182 Å². The van der Waals surface area contributed by atoms with Crippen molar-refractivity contribution in [2.24, 2.45) is 0 Å². The molecule has 1 aromatic carbocycles. The molecule has 0 aliphatic carbocycles. The van der Waals surface area contributed by atoms with E-state index in [1.807, 2.05) is 0 Å². The summed E-state index contributed by atoms with van der Waals surface area (Å²) in [5.41, 5.74) is 1.49. The number of rotatable bonds is 5. The molecule has 9 nitrogen and oxygen atoms in total. The molecule has 0 spiro atoms. The van der Waals surface area contributed by atoms with Crippen LogP contribution in [0.2, 0.25) is 10.1 Å². The van der Waals surface area contributed by atoms with Gasteiger partial charge in [-0.05, 0) is 0 Å². The van der Waals surface area contributed by atoms with E-state index < -0.39 is 36.9 Å². The van der Waals surface area contributed by atoms with Gasteiger partial charge in [-0.2, -0.15) is 0 Å². The van der Waals surface area contributed by atoms with E-state index in [0.717, 1.165) is 0 Å². The van der Waals surface area contributed by atoms with Gasteiger partial charge in [0.2, 0.25) is 0 Å². The molecule has 1 fully saturated rings. The molecule has 4 atom stereocenters. The first-order valence-corrected chi connectivity index (χ1v) is 11.4. The number of hydrogen-bond donors (Lipinski definition) is 4. The topological polar surface area (TPSA) is 125 Å². The number of aliphatic hydroxyl groups excluding tert-OH is 2. The average molecular weight is 500 g/mol. The molecule has 4 rings (SSSR count). The van der Waals surface area contributed by atoms with Gasteiger partial charge in [-0.1, -0.05) is 0 Å². The Labute approximate surface area is 181 Å². The Kier molecular flexibility index (Phi) is 5.90. The number of nitrogens with zero attached hydrogens (tertiary/aromatic N) is 4. The summed E-state index contributed by atoms with van der Waals surface area (Å²) in [4.78, 5) is 23.5. The molecule has 0 unspecified atom stereocenters. The fraction of sp³-hybridized carbons (Fsp3) is 0.333. The number of benzene rings is 1. The first kappa shape index (κ1) is 21.0. The van der Waals surface area contributed by atoms with Crippen LogP contribution in [0, 0.1) is 5.82 Å². The quantitative estimate of drug-likeness (QED) is 0.301. The van der Waals surface area contributed by atoms with Gasteiger partial charge in [0.1, 0.15) is 0 Å². The van der Waals surface area contributed by atoms with Crippen molar-refractivity contribution in [1.82, 2.24) is 24.8 Å². The van der Waals surface area contributed by atoms with Crippen molar-refractivity contribution in [2.75, 3.05) is 12.4 Å². The van der Waals surface area contributed by atoms with Gasteiger partial charge in [0.15, 0.2) is 0 Å². The monoisotopic (exact) mass is 500 g/mol. The molecule has 2 aromatic heterocycles. The van der Waals surface area contributed by atoms with Gasteiger partial charge in [-0.25, -0.2) is 0 Å². The number of carbonyl (C=O) groups excluding carboxylic acids is 1. The zero-order valence-electron chi connectivity index (χ0n) is 15.7. The maximum absolute atomic E-state index is 13.4. The van der Waals surface area contributed by atoms with Crippen LogP contribution in [0.1, 0.15) is 10.5 Å². The SMILES string of the molecule is CNC(=O)[C@@H]1[Se][C@@H](n2cnc3c(NCc4cccc(F)c4)nc(Cl)nc32)[C@H](O)[C@@H]1O. The van der Waals surface area contributed by atoms with Crippen molar-refractivity contribution in [1.29, 1.82) is 0 Å². The molecule has 158 valence electrons. The standard InChI is InChI=1S/C18H18ClFN6O3Se/c1-21-16(29)13-11(27)12(28)17(30-13)26-7-23-10-14(24-18(19)25-15(10)26)22-6-8-3-2-4-9(20)5-8/h2-5,7,11-13,17,27-28H,6H2,1H3,(H,21,29)(H,22,24,25)/t11-,12+,13+,17+/m0/s1. The number of carbonyl (C=O) groups is 1. The number of halogens is 2. The fourth-order valence-corrected chi connectivity index (χ4v) is 6.53. The van der Waals surface area contributed by atoms with Crippen molar-refractivity contribution in [3.8, 4) is 0 Å². The molecule has 0 saturated carbocycles. The summed E-state index contributed by atoms with van der Waals surface area (Å²) in [6.07, 6.45) is -0.852. The van der Waals surface area contributed by atoms with E-state index in [0.29, 0.717) is 29.1 Å². The number of hydrogen-bond acceptors (Lipinski definition) is 7. The second-order valence-electron chi connectivity index (χ2n) is 6.69. The summed E-state index contributed by atoms with van der Waals surface area (Å²) < 4.78 is 15.0. The van der Waals surface area contributed by atoms with Crippen molar-refractivity contribution < 1.29 is 19.4 Å². The Morgan fingerprint density at radius 1 is 1.33 bits per heavy atom. The summed E-state index contributed by atoms with van der Waals surface area (Å²) in [6.45, 7) is 0.292. The van der Waals surface area contributed by atoms with Crippen LogP contribution in [0.3, 0.4) is 0 Å². The van der Waals surface area contributed by atoms with Gasteiger partial charge in [-0.3, -0.25) is 0 Å². The number of anilines is 1. The van der Waals surface area contributed by atoms with E-state index in [-0.39, 0.29) is 17.0 Å². The Morgan fingerprint density at radius 2 is 2.13 bits per heavy atom. The predicted molar refractivity (Wildman–Crippen MR) is 109 cm³/mol. The molecule has 0 bridgehead atoms. The van der Waals surface area contributed by atoms with Gasteiger partial charge in [0, 0.05) is 0 Å². The van der Waals surface area contributed by atoms with Gasteiger partial charge in [0.05, 0.1) is 0 Å². The third kappa shape index (κ3) is 3.86. The van der Waals surface area contributed by atoms with Crippen LogP contribution in [-0.2, 0) is 11.3 Å². The number of aromatic nitrogens is 4. The minimum absolute atomic E-state index is 0.0330.